The van der Waals surface area contributed by atoms with Gasteiger partial charge in [-0.3, -0.25) is 15.6 Å². The standard InChI is InChI=1S/C35H47BN8O8S/c1-33(2,3)50-30(46)41-28(36-49-21-37)44-18-15-23(16-19-44)27-39-20-25(53-27)26(45)40-24-12-10-22(11-13-24)14-17-38-29(42-31(47)51-34(4,5)6)43-32(48)52-35(7,8)9/h10-13,15,20H,14,16-19H2,1-9H3,(H,40,45)(H,41,46)(H2,38,42,43,47,48). The summed E-state index contributed by atoms with van der Waals surface area (Å²) in [6.45, 7) is 16.7. The Balaban J connectivity index is 1.58. The van der Waals surface area contributed by atoms with E-state index in [9.17, 15) is 19.2 Å². The summed E-state index contributed by atoms with van der Waals surface area (Å²) in [5.74, 6) is -0.416. The van der Waals surface area contributed by atoms with E-state index in [0.717, 1.165) is 18.3 Å². The third-order valence-corrected chi connectivity index (χ3v) is 7.60. The van der Waals surface area contributed by atoms with E-state index in [1.807, 2.05) is 23.1 Å². The number of nitrogens with zero attached hydrogens (tertiary/aromatic N) is 4. The van der Waals surface area contributed by atoms with Crippen LogP contribution in [-0.4, -0.2) is 89.3 Å². The molecule has 2 aromatic rings. The molecule has 0 radical (unpaired) electrons. The van der Waals surface area contributed by atoms with Gasteiger partial charge >= 0.3 is 191 Å². The van der Waals surface area contributed by atoms with E-state index in [1.165, 1.54) is 17.5 Å². The van der Waals surface area contributed by atoms with Gasteiger partial charge < -0.3 is 9.47 Å². The molecule has 0 unspecified atom stereocenters. The Hall–Kier alpha value is -5.44. The van der Waals surface area contributed by atoms with Crippen LogP contribution in [0.15, 0.2) is 41.5 Å². The Kier molecular flexibility index (Phi) is 14.5. The molecule has 0 saturated carbocycles. The van der Waals surface area contributed by atoms with Gasteiger partial charge in [-0.1, -0.05) is 12.1 Å². The van der Waals surface area contributed by atoms with E-state index in [1.54, 1.807) is 80.7 Å². The molecule has 53 heavy (non-hydrogen) atoms. The molecule has 0 aliphatic carbocycles. The van der Waals surface area contributed by atoms with E-state index in [2.05, 4.69) is 31.2 Å². The minimum absolute atomic E-state index is 0.107. The van der Waals surface area contributed by atoms with Crippen molar-refractivity contribution < 1.29 is 38.0 Å². The van der Waals surface area contributed by atoms with Gasteiger partial charge in [-0.05, 0) is 53.5 Å². The molecule has 4 N–H and O–H groups in total. The Bertz CT molecular complexity index is 1730. The SMILES string of the molecule is CC(C)(C)OC(=O)NC(=BOC#N)N1CC=C(c2ncc(C(=O)Nc3ccc(CCN=C(NC(=O)OC(C)(C)C)NC(=O)OC(C)(C)C)cc3)s2)CC1. The number of nitriles is 1. The number of anilines is 1. The first-order chi connectivity index (χ1) is 24.7. The second kappa shape index (κ2) is 18.4. The second-order valence-corrected chi connectivity index (χ2v) is 15.7. The van der Waals surface area contributed by atoms with Crippen LogP contribution in [0, 0.1) is 11.5 Å². The number of hydrogen-bond donors (Lipinski definition) is 4. The van der Waals surface area contributed by atoms with E-state index in [4.69, 9.17) is 24.1 Å². The molecule has 0 atom stereocenters. The predicted octanol–water partition coefficient (Wildman–Crippen LogP) is 5.16. The molecule has 0 bridgehead atoms. The minimum atomic E-state index is -0.776. The summed E-state index contributed by atoms with van der Waals surface area (Å²) in [7, 11) is 1.16. The van der Waals surface area contributed by atoms with E-state index >= 15 is 0 Å². The first kappa shape index (κ1) is 42.0. The summed E-state index contributed by atoms with van der Waals surface area (Å²) in [6.07, 6.45) is 3.84. The normalized spacial score (nSPS) is 13.2. The number of thiazole rings is 1. The van der Waals surface area contributed by atoms with Crippen molar-refractivity contribution in [1.29, 1.82) is 5.26 Å². The molecule has 1 aliphatic heterocycles. The van der Waals surface area contributed by atoms with Crippen molar-refractivity contribution in [2.75, 3.05) is 25.0 Å². The third kappa shape index (κ3) is 15.8. The molecule has 18 heteroatoms. The number of carbonyl (C=O) groups excluding carboxylic acids is 4. The van der Waals surface area contributed by atoms with Gasteiger partial charge in [0.05, 0.1) is 0 Å². The second-order valence-electron chi connectivity index (χ2n) is 14.7. The molecule has 1 aliphatic rings. The number of aromatic nitrogens is 1. The summed E-state index contributed by atoms with van der Waals surface area (Å²) < 4.78 is 20.6. The monoisotopic (exact) mass is 750 g/mol. The van der Waals surface area contributed by atoms with E-state index < -0.39 is 35.1 Å². The molecule has 1 aromatic carbocycles. The molecule has 2 heterocycles. The number of rotatable bonds is 9. The van der Waals surface area contributed by atoms with E-state index in [0.29, 0.717) is 41.5 Å². The quantitative estimate of drug-likeness (QED) is 0.0866. The van der Waals surface area contributed by atoms with Crippen LogP contribution < -0.4 is 21.3 Å². The van der Waals surface area contributed by atoms with Crippen LogP contribution in [0.4, 0.5) is 20.1 Å². The molecule has 0 saturated heterocycles. The topological polar surface area (TPSA) is 206 Å². The number of alkyl carbamates (subject to hydrolysis) is 3. The van der Waals surface area contributed by atoms with Crippen LogP contribution in [0.3, 0.4) is 0 Å². The van der Waals surface area contributed by atoms with Crippen LogP contribution in [0.2, 0.25) is 0 Å². The van der Waals surface area contributed by atoms with Crippen molar-refractivity contribution in [1.82, 2.24) is 25.8 Å². The van der Waals surface area contributed by atoms with Gasteiger partial charge in [-0.15, -0.1) is 0 Å². The molecule has 16 nitrogen and oxygen atoms in total. The number of hydrogen-bond acceptors (Lipinski definition) is 13. The fourth-order valence-electron chi connectivity index (χ4n) is 4.44. The van der Waals surface area contributed by atoms with Gasteiger partial charge in [-0.25, -0.2) is 9.59 Å². The first-order valence-electron chi connectivity index (χ1n) is 16.8. The zero-order chi connectivity index (χ0) is 39.4. The summed E-state index contributed by atoms with van der Waals surface area (Å²) in [6, 6.07) is 7.21. The average Bonchev–Trinajstić information content (AvgIpc) is 3.52. The number of nitrogens with one attached hydrogen (secondary N) is 4. The molecule has 4 amide bonds. The fraction of sp³-hybridized carbons (Fsp3) is 0.486. The number of amides is 4. The van der Waals surface area contributed by atoms with Crippen LogP contribution in [0.5, 0.6) is 0 Å². The molecule has 0 spiro atoms. The summed E-state index contributed by atoms with van der Waals surface area (Å²) in [5, 5.41) is 20.0. The maximum absolute atomic E-state index is 13.1. The van der Waals surface area contributed by atoms with Gasteiger partial charge in [0.25, 0.3) is 0 Å². The number of guanidine groups is 1. The molecular formula is C35H47BN8O8S. The molecule has 3 rings (SSSR count). The molecule has 284 valence electrons. The molecule has 0 fully saturated rings. The zero-order valence-electron chi connectivity index (χ0n) is 31.5. The van der Waals surface area contributed by atoms with Gasteiger partial charge in [0, 0.05) is 6.54 Å². The summed E-state index contributed by atoms with van der Waals surface area (Å²) in [4.78, 5) is 61.1. The number of ether oxygens (including phenoxy) is 3. The van der Waals surface area contributed by atoms with Crippen LogP contribution in [0.1, 0.15) is 89.0 Å². The van der Waals surface area contributed by atoms with Gasteiger partial charge in [0.1, 0.15) is 11.2 Å². The van der Waals surface area contributed by atoms with Crippen molar-refractivity contribution in [3.63, 3.8) is 0 Å². The Labute approximate surface area is 314 Å². The Morgan fingerprint density at radius 3 is 1.98 bits per heavy atom. The van der Waals surface area contributed by atoms with Crippen molar-refractivity contribution in [2.24, 2.45) is 4.99 Å². The average molecular weight is 751 g/mol. The van der Waals surface area contributed by atoms with Crippen molar-refractivity contribution in [3.8, 4) is 6.26 Å². The van der Waals surface area contributed by atoms with Crippen LogP contribution >= 0.6 is 11.3 Å². The molecular weight excluding hydrogens is 703 g/mol. The zero-order valence-corrected chi connectivity index (χ0v) is 32.4. The Morgan fingerprint density at radius 1 is 0.906 bits per heavy atom. The predicted molar refractivity (Wildman–Crippen MR) is 202 cm³/mol. The van der Waals surface area contributed by atoms with Gasteiger partial charge in [-0.2, -0.15) is 0 Å². The van der Waals surface area contributed by atoms with Crippen molar-refractivity contribution in [3.05, 3.63) is 52.0 Å². The third-order valence-electron chi connectivity index (χ3n) is 6.53. The van der Waals surface area contributed by atoms with Crippen LogP contribution in [-0.2, 0) is 25.3 Å². The first-order valence-corrected chi connectivity index (χ1v) is 17.6. The number of carbonyl (C=O) groups is 4. The number of aliphatic imine (C=N–C) groups is 1. The van der Waals surface area contributed by atoms with Gasteiger partial charge in [0.15, 0.2) is 0 Å². The van der Waals surface area contributed by atoms with E-state index in [-0.39, 0.29) is 24.1 Å². The fourth-order valence-corrected chi connectivity index (χ4v) is 5.32. The Morgan fingerprint density at radius 2 is 1.47 bits per heavy atom. The summed E-state index contributed by atoms with van der Waals surface area (Å²) in [5.41, 5.74) is 0.510. The van der Waals surface area contributed by atoms with Crippen molar-refractivity contribution in [2.45, 2.75) is 92.0 Å². The molecule has 1 aromatic heterocycles. The summed E-state index contributed by atoms with van der Waals surface area (Å²) >= 11 is 1.26. The van der Waals surface area contributed by atoms with Crippen molar-refractivity contribution >= 4 is 65.6 Å². The number of benzene rings is 1. The van der Waals surface area contributed by atoms with Gasteiger partial charge in [0.2, 0.25) is 5.96 Å². The maximum atomic E-state index is 13.1. The van der Waals surface area contributed by atoms with Crippen LogP contribution in [0.25, 0.3) is 5.57 Å².